The van der Waals surface area contributed by atoms with Crippen molar-refractivity contribution in [1.29, 1.82) is 0 Å². The molecule has 0 aliphatic carbocycles. The number of carbonyl (C=O) groups is 1. The molecular formula is C15H17NO2S. The minimum atomic E-state index is -0.368. The van der Waals surface area contributed by atoms with E-state index in [-0.39, 0.29) is 12.0 Å². The van der Waals surface area contributed by atoms with Crippen LogP contribution in [0, 0.1) is 6.92 Å². The van der Waals surface area contributed by atoms with Gasteiger partial charge in [-0.3, -0.25) is 4.79 Å². The number of aliphatic hydroxyl groups is 1. The van der Waals surface area contributed by atoms with Crippen molar-refractivity contribution in [3.05, 3.63) is 34.7 Å². The van der Waals surface area contributed by atoms with Crippen molar-refractivity contribution in [2.75, 3.05) is 13.1 Å². The van der Waals surface area contributed by atoms with Crippen LogP contribution in [-0.4, -0.2) is 35.1 Å². The lowest BCUT2D eigenvalue weighted by molar-refractivity contribution is 0.0477. The van der Waals surface area contributed by atoms with Crippen LogP contribution in [0.3, 0.4) is 0 Å². The highest BCUT2D eigenvalue weighted by molar-refractivity contribution is 7.21. The second kappa shape index (κ2) is 4.94. The number of β-amino-alcohol motifs (C(OH)–C–C–N with tert-alkyl or cyclic N) is 1. The third-order valence-electron chi connectivity index (χ3n) is 3.72. The zero-order chi connectivity index (χ0) is 13.4. The van der Waals surface area contributed by atoms with E-state index in [2.05, 4.69) is 12.1 Å². The number of piperidine rings is 1. The fourth-order valence-corrected chi connectivity index (χ4v) is 3.84. The van der Waals surface area contributed by atoms with E-state index in [4.69, 9.17) is 0 Å². The maximum Gasteiger partial charge on any atom is 0.264 e. The molecule has 2 aromatic rings. The Bertz CT molecular complexity index is 620. The summed E-state index contributed by atoms with van der Waals surface area (Å²) >= 11 is 1.55. The first-order valence-electron chi connectivity index (χ1n) is 6.62. The van der Waals surface area contributed by atoms with Crippen molar-refractivity contribution in [3.8, 4) is 0 Å². The van der Waals surface area contributed by atoms with E-state index in [0.717, 1.165) is 39.9 Å². The first-order chi connectivity index (χ1) is 9.16. The molecule has 2 heterocycles. The number of hydrogen-bond acceptors (Lipinski definition) is 3. The lowest BCUT2D eigenvalue weighted by Crippen LogP contribution is -2.42. The molecule has 19 heavy (non-hydrogen) atoms. The van der Waals surface area contributed by atoms with Crippen LogP contribution in [-0.2, 0) is 0 Å². The van der Waals surface area contributed by atoms with Crippen molar-refractivity contribution >= 4 is 27.3 Å². The van der Waals surface area contributed by atoms with Gasteiger partial charge >= 0.3 is 0 Å². The SMILES string of the molecule is Cc1c(C(=O)N2CCC[C@H](O)C2)sc2ccccc12. The molecule has 0 saturated carbocycles. The first kappa shape index (κ1) is 12.6. The lowest BCUT2D eigenvalue weighted by Gasteiger charge is -2.29. The zero-order valence-corrected chi connectivity index (χ0v) is 11.7. The van der Waals surface area contributed by atoms with Crippen molar-refractivity contribution < 1.29 is 9.90 Å². The second-order valence-corrected chi connectivity index (χ2v) is 6.15. The second-order valence-electron chi connectivity index (χ2n) is 5.10. The van der Waals surface area contributed by atoms with Crippen LogP contribution in [0.1, 0.15) is 28.1 Å². The number of amides is 1. The van der Waals surface area contributed by atoms with Crippen LogP contribution < -0.4 is 0 Å². The molecule has 1 saturated heterocycles. The summed E-state index contributed by atoms with van der Waals surface area (Å²) in [5, 5.41) is 10.9. The van der Waals surface area contributed by atoms with Gasteiger partial charge in [-0.1, -0.05) is 18.2 Å². The summed E-state index contributed by atoms with van der Waals surface area (Å²) in [6.45, 7) is 3.22. The number of nitrogens with zero attached hydrogens (tertiary/aromatic N) is 1. The highest BCUT2D eigenvalue weighted by Crippen LogP contribution is 2.31. The Hall–Kier alpha value is -1.39. The number of aryl methyl sites for hydroxylation is 1. The van der Waals surface area contributed by atoms with Crippen molar-refractivity contribution in [2.45, 2.75) is 25.9 Å². The van der Waals surface area contributed by atoms with Crippen LogP contribution in [0.25, 0.3) is 10.1 Å². The molecule has 0 bridgehead atoms. The molecule has 1 aliphatic rings. The third-order valence-corrected chi connectivity index (χ3v) is 4.98. The molecule has 0 unspecified atom stereocenters. The maximum absolute atomic E-state index is 12.6. The van der Waals surface area contributed by atoms with Gasteiger partial charge in [0, 0.05) is 17.8 Å². The molecule has 1 aliphatic heterocycles. The van der Waals surface area contributed by atoms with E-state index in [1.807, 2.05) is 19.1 Å². The molecule has 3 nitrogen and oxygen atoms in total. The van der Waals surface area contributed by atoms with Crippen LogP contribution in [0.2, 0.25) is 0 Å². The molecule has 1 amide bonds. The Morgan fingerprint density at radius 1 is 1.42 bits per heavy atom. The summed E-state index contributed by atoms with van der Waals surface area (Å²) in [6, 6.07) is 8.11. The number of thiophene rings is 1. The van der Waals surface area contributed by atoms with Gasteiger partial charge in [-0.15, -0.1) is 11.3 Å². The van der Waals surface area contributed by atoms with Gasteiger partial charge in [0.2, 0.25) is 0 Å². The molecule has 100 valence electrons. The summed E-state index contributed by atoms with van der Waals surface area (Å²) in [6.07, 6.45) is 1.32. The highest BCUT2D eigenvalue weighted by atomic mass is 32.1. The molecule has 3 rings (SSSR count). The van der Waals surface area contributed by atoms with E-state index in [1.54, 1.807) is 16.2 Å². The van der Waals surface area contributed by atoms with Crippen LogP contribution >= 0.6 is 11.3 Å². The smallest absolute Gasteiger partial charge is 0.264 e. The number of likely N-dealkylation sites (tertiary alicyclic amines) is 1. The molecule has 1 aromatic carbocycles. The van der Waals surface area contributed by atoms with Gasteiger partial charge < -0.3 is 10.0 Å². The maximum atomic E-state index is 12.6. The van der Waals surface area contributed by atoms with Gasteiger partial charge in [-0.25, -0.2) is 0 Å². The van der Waals surface area contributed by atoms with Crippen LogP contribution in [0.4, 0.5) is 0 Å². The average molecular weight is 275 g/mol. The quantitative estimate of drug-likeness (QED) is 0.869. The van der Waals surface area contributed by atoms with Crippen LogP contribution in [0.5, 0.6) is 0 Å². The van der Waals surface area contributed by atoms with Gasteiger partial charge in [0.25, 0.3) is 5.91 Å². The monoisotopic (exact) mass is 275 g/mol. The summed E-state index contributed by atoms with van der Waals surface area (Å²) in [5.74, 6) is 0.0671. The van der Waals surface area contributed by atoms with Crippen molar-refractivity contribution in [1.82, 2.24) is 4.90 Å². The Balaban J connectivity index is 1.95. The minimum Gasteiger partial charge on any atom is -0.391 e. The number of benzene rings is 1. The van der Waals surface area contributed by atoms with E-state index < -0.39 is 0 Å². The summed E-state index contributed by atoms with van der Waals surface area (Å²) in [4.78, 5) is 15.2. The molecule has 0 spiro atoms. The zero-order valence-electron chi connectivity index (χ0n) is 10.9. The number of carbonyl (C=O) groups excluding carboxylic acids is 1. The van der Waals surface area contributed by atoms with Gasteiger partial charge in [0.15, 0.2) is 0 Å². The molecular weight excluding hydrogens is 258 g/mol. The van der Waals surface area contributed by atoms with E-state index in [9.17, 15) is 9.90 Å². The van der Waals surface area contributed by atoms with Crippen molar-refractivity contribution in [2.24, 2.45) is 0 Å². The van der Waals surface area contributed by atoms with E-state index in [1.165, 1.54) is 0 Å². The molecule has 4 heteroatoms. The normalized spacial score (nSPS) is 19.9. The van der Waals surface area contributed by atoms with Crippen LogP contribution in [0.15, 0.2) is 24.3 Å². The molecule has 1 fully saturated rings. The predicted molar refractivity (Wildman–Crippen MR) is 77.7 cm³/mol. The molecule has 0 radical (unpaired) electrons. The largest absolute Gasteiger partial charge is 0.391 e. The number of aliphatic hydroxyl groups excluding tert-OH is 1. The minimum absolute atomic E-state index is 0.0671. The summed E-state index contributed by atoms with van der Waals surface area (Å²) in [5.41, 5.74) is 1.06. The fourth-order valence-electron chi connectivity index (χ4n) is 2.66. The number of rotatable bonds is 1. The fraction of sp³-hybridized carbons (Fsp3) is 0.400. The lowest BCUT2D eigenvalue weighted by atomic mass is 10.1. The first-order valence-corrected chi connectivity index (χ1v) is 7.44. The average Bonchev–Trinajstić information content (AvgIpc) is 2.76. The van der Waals surface area contributed by atoms with Gasteiger partial charge in [0.1, 0.15) is 0 Å². The van der Waals surface area contributed by atoms with Gasteiger partial charge in [0.05, 0.1) is 11.0 Å². The highest BCUT2D eigenvalue weighted by Gasteiger charge is 2.25. The number of fused-ring (bicyclic) bond motifs is 1. The predicted octanol–water partition coefficient (Wildman–Crippen LogP) is 2.81. The summed E-state index contributed by atoms with van der Waals surface area (Å²) < 4.78 is 1.15. The van der Waals surface area contributed by atoms with Gasteiger partial charge in [-0.05, 0) is 36.8 Å². The molecule has 1 atom stereocenters. The van der Waals surface area contributed by atoms with E-state index >= 15 is 0 Å². The Labute approximate surface area is 116 Å². The molecule has 1 N–H and O–H groups in total. The number of hydrogen-bond donors (Lipinski definition) is 1. The van der Waals surface area contributed by atoms with E-state index in [0.29, 0.717) is 6.54 Å². The Morgan fingerprint density at radius 2 is 2.21 bits per heavy atom. The Kier molecular flexibility index (Phi) is 3.29. The topological polar surface area (TPSA) is 40.5 Å². The van der Waals surface area contributed by atoms with Gasteiger partial charge in [-0.2, -0.15) is 0 Å². The molecule has 1 aromatic heterocycles. The van der Waals surface area contributed by atoms with Crippen molar-refractivity contribution in [3.63, 3.8) is 0 Å². The summed E-state index contributed by atoms with van der Waals surface area (Å²) in [7, 11) is 0. The Morgan fingerprint density at radius 3 is 2.95 bits per heavy atom. The third kappa shape index (κ3) is 2.26. The standard InChI is InChI=1S/C15H17NO2S/c1-10-12-6-2-3-7-13(12)19-14(10)15(18)16-8-4-5-11(17)9-16/h2-3,6-7,11,17H,4-5,8-9H2,1H3/t11-/m0/s1.